The molecule has 32 heavy (non-hydrogen) atoms. The Morgan fingerprint density at radius 3 is 2.69 bits per heavy atom. The molecule has 5 rings (SSSR count). The topological polar surface area (TPSA) is 79.2 Å². The average Bonchev–Trinajstić information content (AvgIpc) is 3.45. The number of aliphatic hydroxyl groups excluding tert-OH is 2. The minimum Gasteiger partial charge on any atom is -0.393 e. The molecule has 3 N–H and O–H groups in total. The van der Waals surface area contributed by atoms with E-state index in [9.17, 15) is 15.3 Å². The third-order valence-electron chi connectivity index (χ3n) is 9.55. The molecule has 4 saturated carbocycles. The monoisotopic (exact) mass is 444 g/mol. The van der Waals surface area contributed by atoms with Crippen molar-refractivity contribution in [2.45, 2.75) is 102 Å². The van der Waals surface area contributed by atoms with Gasteiger partial charge in [-0.15, -0.1) is 0 Å². The van der Waals surface area contributed by atoms with Gasteiger partial charge in [-0.05, 0) is 85.7 Å². The standard InChI is InChI=1S/C27H40O5/c1-16-19(13-21(28)14-24(16)29)7-6-18-5-4-12-26(3)22(10-11-23(18)26)17(2)25-15-27(30,32-31-25)20-8-9-20/h6-7,17,20-25,28-30H,1,4-5,8-15H2,2-3H3/b18-6-,19-7+/t17?,21-,22-,23?,24+,25?,26-,27?/m1/s1. The van der Waals surface area contributed by atoms with Crippen molar-refractivity contribution in [3.63, 3.8) is 0 Å². The lowest BCUT2D eigenvalue weighted by atomic mass is 9.60. The van der Waals surface area contributed by atoms with Gasteiger partial charge in [0.2, 0.25) is 5.79 Å². The number of hydrogen-bond donors (Lipinski definition) is 3. The molecule has 4 aliphatic carbocycles. The van der Waals surface area contributed by atoms with Gasteiger partial charge in [0, 0.05) is 18.8 Å². The van der Waals surface area contributed by atoms with Crippen LogP contribution in [0.25, 0.3) is 0 Å². The Kier molecular flexibility index (Phi) is 5.95. The lowest BCUT2D eigenvalue weighted by molar-refractivity contribution is -0.388. The highest BCUT2D eigenvalue weighted by atomic mass is 17.2. The fourth-order valence-electron chi connectivity index (χ4n) is 7.41. The zero-order valence-electron chi connectivity index (χ0n) is 19.6. The SMILES string of the molecule is C=C1/C(=C/C=C2/CCC[C@@]3(C)C2CC[C@@H]3C(C)C2CC(O)(C3CC3)OO2)C[C@@H](O)C[C@@H]1O. The maximum atomic E-state index is 10.8. The van der Waals surface area contributed by atoms with Gasteiger partial charge in [-0.25, -0.2) is 9.78 Å². The van der Waals surface area contributed by atoms with Crippen LogP contribution in [0, 0.1) is 29.1 Å². The van der Waals surface area contributed by atoms with Crippen LogP contribution >= 0.6 is 0 Å². The van der Waals surface area contributed by atoms with E-state index in [1.165, 1.54) is 31.3 Å². The first-order valence-corrected chi connectivity index (χ1v) is 12.7. The van der Waals surface area contributed by atoms with Gasteiger partial charge < -0.3 is 15.3 Å². The van der Waals surface area contributed by atoms with Gasteiger partial charge in [-0.3, -0.25) is 0 Å². The van der Waals surface area contributed by atoms with Crippen LogP contribution < -0.4 is 0 Å². The normalized spacial score (nSPS) is 48.4. The molecular weight excluding hydrogens is 404 g/mol. The van der Waals surface area contributed by atoms with E-state index in [-0.39, 0.29) is 17.4 Å². The van der Waals surface area contributed by atoms with Crippen molar-refractivity contribution in [1.29, 1.82) is 0 Å². The van der Waals surface area contributed by atoms with E-state index in [2.05, 4.69) is 32.6 Å². The van der Waals surface area contributed by atoms with E-state index in [0.29, 0.717) is 37.0 Å². The summed E-state index contributed by atoms with van der Waals surface area (Å²) in [7, 11) is 0. The summed E-state index contributed by atoms with van der Waals surface area (Å²) in [6.07, 6.45) is 12.7. The molecule has 1 heterocycles. The van der Waals surface area contributed by atoms with Crippen LogP contribution in [0.1, 0.15) is 78.1 Å². The molecule has 1 saturated heterocycles. The van der Waals surface area contributed by atoms with Gasteiger partial charge in [0.15, 0.2) is 0 Å². The van der Waals surface area contributed by atoms with Crippen molar-refractivity contribution >= 4 is 0 Å². The average molecular weight is 445 g/mol. The number of aliphatic hydroxyl groups is 3. The van der Waals surface area contributed by atoms with E-state index >= 15 is 0 Å². The highest BCUT2D eigenvalue weighted by Crippen LogP contribution is 2.61. The summed E-state index contributed by atoms with van der Waals surface area (Å²) >= 11 is 0. The number of fused-ring (bicyclic) bond motifs is 1. The summed E-state index contributed by atoms with van der Waals surface area (Å²) in [5.41, 5.74) is 3.47. The fourth-order valence-corrected chi connectivity index (χ4v) is 7.41. The van der Waals surface area contributed by atoms with Gasteiger partial charge in [-0.1, -0.05) is 38.2 Å². The third kappa shape index (κ3) is 3.94. The maximum absolute atomic E-state index is 10.8. The van der Waals surface area contributed by atoms with Gasteiger partial charge in [0.05, 0.1) is 12.2 Å². The molecule has 0 bridgehead atoms. The predicted octanol–water partition coefficient (Wildman–Crippen LogP) is 4.58. The third-order valence-corrected chi connectivity index (χ3v) is 9.55. The first-order valence-electron chi connectivity index (χ1n) is 12.7. The molecule has 0 spiro atoms. The molecule has 1 aliphatic heterocycles. The number of rotatable bonds is 4. The van der Waals surface area contributed by atoms with Crippen LogP contribution in [0.5, 0.6) is 0 Å². The van der Waals surface area contributed by atoms with Crippen molar-refractivity contribution in [1.82, 2.24) is 0 Å². The van der Waals surface area contributed by atoms with Crippen LogP contribution in [-0.4, -0.2) is 39.4 Å². The van der Waals surface area contributed by atoms with Gasteiger partial charge >= 0.3 is 0 Å². The minimum atomic E-state index is -1.07. The minimum absolute atomic E-state index is 0.0359. The van der Waals surface area contributed by atoms with Crippen molar-refractivity contribution in [2.75, 3.05) is 0 Å². The van der Waals surface area contributed by atoms with E-state index in [1.54, 1.807) is 0 Å². The molecule has 178 valence electrons. The molecule has 0 radical (unpaired) electrons. The predicted molar refractivity (Wildman–Crippen MR) is 122 cm³/mol. The Hall–Kier alpha value is -0.980. The van der Waals surface area contributed by atoms with Gasteiger partial charge in [0.25, 0.3) is 0 Å². The summed E-state index contributed by atoms with van der Waals surface area (Å²) in [6, 6.07) is 0. The highest BCUT2D eigenvalue weighted by molar-refractivity contribution is 5.38. The molecule has 8 atom stereocenters. The van der Waals surface area contributed by atoms with E-state index < -0.39 is 18.0 Å². The van der Waals surface area contributed by atoms with Crippen LogP contribution in [0.15, 0.2) is 35.5 Å². The Morgan fingerprint density at radius 2 is 1.94 bits per heavy atom. The van der Waals surface area contributed by atoms with Crippen LogP contribution in [-0.2, 0) is 9.78 Å². The second-order valence-electron chi connectivity index (χ2n) is 11.6. The van der Waals surface area contributed by atoms with E-state index in [0.717, 1.165) is 30.4 Å². The van der Waals surface area contributed by atoms with E-state index in [1.807, 2.05) is 0 Å². The second-order valence-corrected chi connectivity index (χ2v) is 11.6. The lowest BCUT2D eigenvalue weighted by Crippen LogP contribution is -2.39. The molecule has 5 fully saturated rings. The van der Waals surface area contributed by atoms with Crippen LogP contribution in [0.3, 0.4) is 0 Å². The molecule has 0 amide bonds. The molecular formula is C27H40O5. The summed E-state index contributed by atoms with van der Waals surface area (Å²) in [4.78, 5) is 11.2. The Bertz CT molecular complexity index is 813. The van der Waals surface area contributed by atoms with Crippen molar-refractivity contribution in [2.24, 2.45) is 29.1 Å². The molecule has 5 nitrogen and oxygen atoms in total. The Morgan fingerprint density at radius 1 is 1.16 bits per heavy atom. The Labute approximate surface area is 192 Å². The van der Waals surface area contributed by atoms with Gasteiger partial charge in [-0.2, -0.15) is 0 Å². The zero-order valence-corrected chi connectivity index (χ0v) is 19.6. The molecule has 5 aliphatic rings. The van der Waals surface area contributed by atoms with E-state index in [4.69, 9.17) is 9.78 Å². The lowest BCUT2D eigenvalue weighted by Gasteiger charge is -2.45. The Balaban J connectivity index is 1.31. The summed E-state index contributed by atoms with van der Waals surface area (Å²) < 4.78 is 0. The molecule has 5 heteroatoms. The number of hydrogen-bond acceptors (Lipinski definition) is 5. The molecule has 4 unspecified atom stereocenters. The van der Waals surface area contributed by atoms with Crippen LogP contribution in [0.4, 0.5) is 0 Å². The summed E-state index contributed by atoms with van der Waals surface area (Å²) in [5, 5.41) is 31.0. The maximum Gasteiger partial charge on any atom is 0.204 e. The fraction of sp³-hybridized carbons (Fsp3) is 0.778. The zero-order chi connectivity index (χ0) is 22.7. The highest BCUT2D eigenvalue weighted by Gasteiger charge is 2.57. The second kappa shape index (κ2) is 8.35. The first-order chi connectivity index (χ1) is 15.2. The number of allylic oxidation sites excluding steroid dienone is 3. The van der Waals surface area contributed by atoms with Crippen molar-refractivity contribution in [3.05, 3.63) is 35.5 Å². The van der Waals surface area contributed by atoms with Crippen molar-refractivity contribution < 1.29 is 25.1 Å². The van der Waals surface area contributed by atoms with Gasteiger partial charge in [0.1, 0.15) is 6.10 Å². The summed E-state index contributed by atoms with van der Waals surface area (Å²) in [5.74, 6) is 0.623. The molecule has 0 aromatic carbocycles. The van der Waals surface area contributed by atoms with Crippen LogP contribution in [0.2, 0.25) is 0 Å². The smallest absolute Gasteiger partial charge is 0.204 e. The molecule has 0 aromatic heterocycles. The van der Waals surface area contributed by atoms with Crippen molar-refractivity contribution in [3.8, 4) is 0 Å². The molecule has 0 aromatic rings. The quantitative estimate of drug-likeness (QED) is 0.553. The summed E-state index contributed by atoms with van der Waals surface area (Å²) in [6.45, 7) is 8.81. The largest absolute Gasteiger partial charge is 0.393 e. The first kappa shape index (κ1) is 22.8.